The number of carbonyl (C=O) groups excluding carboxylic acids is 1. The van der Waals surface area contributed by atoms with Crippen molar-refractivity contribution in [1.82, 2.24) is 4.90 Å². The van der Waals surface area contributed by atoms with Gasteiger partial charge in [0.2, 0.25) is 0 Å². The fraction of sp³-hybridized carbons (Fsp3) is 0.611. The average molecular weight is 308 g/mol. The second kappa shape index (κ2) is 7.42. The van der Waals surface area contributed by atoms with E-state index in [1.54, 1.807) is 12.1 Å². The van der Waals surface area contributed by atoms with E-state index in [2.05, 4.69) is 18.7 Å². The number of ketones is 1. The first kappa shape index (κ1) is 16.5. The Morgan fingerprint density at radius 1 is 1.24 bits per heavy atom. The standard InChI is InChI=1S/C18H26ClNO/c1-3-18(4-2)9-12-20(13-10-18)11-8-17(21)15-6-5-7-16(19)14-15/h5-7,14H,3-4,8-13H2,1-2H3. The molecule has 2 rings (SSSR count). The summed E-state index contributed by atoms with van der Waals surface area (Å²) in [5, 5.41) is 0.634. The molecule has 1 aliphatic heterocycles. The summed E-state index contributed by atoms with van der Waals surface area (Å²) >= 11 is 5.94. The van der Waals surface area contributed by atoms with Crippen LogP contribution in [0.5, 0.6) is 0 Å². The summed E-state index contributed by atoms with van der Waals surface area (Å²) in [7, 11) is 0. The van der Waals surface area contributed by atoms with Crippen LogP contribution in [-0.4, -0.2) is 30.3 Å². The van der Waals surface area contributed by atoms with Gasteiger partial charge in [-0.2, -0.15) is 0 Å². The minimum absolute atomic E-state index is 0.195. The number of likely N-dealkylation sites (tertiary alicyclic amines) is 1. The first-order valence-corrected chi connectivity index (χ1v) is 8.47. The third-order valence-corrected chi connectivity index (χ3v) is 5.45. The molecule has 116 valence electrons. The Morgan fingerprint density at radius 2 is 1.90 bits per heavy atom. The van der Waals surface area contributed by atoms with Crippen LogP contribution in [0.15, 0.2) is 24.3 Å². The first-order chi connectivity index (χ1) is 10.1. The van der Waals surface area contributed by atoms with Crippen molar-refractivity contribution in [3.8, 4) is 0 Å². The second-order valence-electron chi connectivity index (χ2n) is 6.23. The molecule has 0 saturated carbocycles. The summed E-state index contributed by atoms with van der Waals surface area (Å²) in [4.78, 5) is 14.6. The van der Waals surface area contributed by atoms with Crippen molar-refractivity contribution in [3.63, 3.8) is 0 Å². The minimum Gasteiger partial charge on any atom is -0.303 e. The number of carbonyl (C=O) groups is 1. The minimum atomic E-state index is 0.195. The average Bonchev–Trinajstić information content (AvgIpc) is 2.53. The van der Waals surface area contributed by atoms with E-state index in [1.165, 1.54) is 25.7 Å². The Labute approximate surface area is 133 Å². The highest BCUT2D eigenvalue weighted by atomic mass is 35.5. The van der Waals surface area contributed by atoms with Crippen LogP contribution in [0.25, 0.3) is 0 Å². The van der Waals surface area contributed by atoms with E-state index in [1.807, 2.05) is 12.1 Å². The van der Waals surface area contributed by atoms with Gasteiger partial charge in [-0.15, -0.1) is 0 Å². The van der Waals surface area contributed by atoms with Gasteiger partial charge >= 0.3 is 0 Å². The molecule has 21 heavy (non-hydrogen) atoms. The topological polar surface area (TPSA) is 20.3 Å². The highest BCUT2D eigenvalue weighted by Gasteiger charge is 2.31. The van der Waals surface area contributed by atoms with Crippen LogP contribution in [-0.2, 0) is 0 Å². The van der Waals surface area contributed by atoms with Crippen molar-refractivity contribution < 1.29 is 4.79 Å². The molecule has 1 heterocycles. The summed E-state index contributed by atoms with van der Waals surface area (Å²) in [5.74, 6) is 0.195. The van der Waals surface area contributed by atoms with Gasteiger partial charge in [0.1, 0.15) is 0 Å². The highest BCUT2D eigenvalue weighted by Crippen LogP contribution is 2.37. The molecule has 0 aromatic heterocycles. The molecule has 1 aliphatic rings. The molecular formula is C18H26ClNO. The van der Waals surface area contributed by atoms with Crippen LogP contribution in [0.3, 0.4) is 0 Å². The van der Waals surface area contributed by atoms with Crippen LogP contribution in [0, 0.1) is 5.41 Å². The van der Waals surface area contributed by atoms with Gasteiger partial charge in [0.25, 0.3) is 0 Å². The van der Waals surface area contributed by atoms with Crippen molar-refractivity contribution >= 4 is 17.4 Å². The number of hydrogen-bond donors (Lipinski definition) is 0. The maximum atomic E-state index is 12.2. The Hall–Kier alpha value is -0.860. The van der Waals surface area contributed by atoms with E-state index in [4.69, 9.17) is 11.6 Å². The lowest BCUT2D eigenvalue weighted by Crippen LogP contribution is -2.40. The fourth-order valence-corrected chi connectivity index (χ4v) is 3.46. The Balaban J connectivity index is 1.81. The second-order valence-corrected chi connectivity index (χ2v) is 6.67. The van der Waals surface area contributed by atoms with Gasteiger partial charge in [-0.1, -0.05) is 50.4 Å². The molecule has 0 aliphatic carbocycles. The number of halogens is 1. The van der Waals surface area contributed by atoms with Crippen molar-refractivity contribution in [2.75, 3.05) is 19.6 Å². The largest absolute Gasteiger partial charge is 0.303 e. The molecule has 0 bridgehead atoms. The van der Waals surface area contributed by atoms with E-state index >= 15 is 0 Å². The number of Topliss-reactive ketones (excluding diaryl/α,β-unsaturated/α-hetero) is 1. The Kier molecular flexibility index (Phi) is 5.83. The van der Waals surface area contributed by atoms with Crippen molar-refractivity contribution in [2.24, 2.45) is 5.41 Å². The summed E-state index contributed by atoms with van der Waals surface area (Å²) in [6.07, 6.45) is 5.68. The number of rotatable bonds is 6. The third kappa shape index (κ3) is 4.31. The molecule has 0 N–H and O–H groups in total. The Bertz CT molecular complexity index is 472. The smallest absolute Gasteiger partial charge is 0.164 e. The predicted molar refractivity (Wildman–Crippen MR) is 89.1 cm³/mol. The van der Waals surface area contributed by atoms with Gasteiger partial charge in [-0.05, 0) is 43.5 Å². The van der Waals surface area contributed by atoms with Gasteiger partial charge in [0, 0.05) is 23.6 Å². The molecule has 0 atom stereocenters. The van der Waals surface area contributed by atoms with E-state index in [9.17, 15) is 4.79 Å². The maximum absolute atomic E-state index is 12.2. The Morgan fingerprint density at radius 3 is 2.48 bits per heavy atom. The molecule has 1 aromatic rings. The third-order valence-electron chi connectivity index (χ3n) is 5.22. The summed E-state index contributed by atoms with van der Waals surface area (Å²) < 4.78 is 0. The molecule has 1 saturated heterocycles. The van der Waals surface area contributed by atoms with Crippen LogP contribution in [0.4, 0.5) is 0 Å². The zero-order valence-electron chi connectivity index (χ0n) is 13.2. The molecule has 0 radical (unpaired) electrons. The number of hydrogen-bond acceptors (Lipinski definition) is 2. The molecule has 0 unspecified atom stereocenters. The zero-order valence-corrected chi connectivity index (χ0v) is 14.0. The maximum Gasteiger partial charge on any atom is 0.164 e. The molecule has 1 aromatic carbocycles. The molecule has 2 nitrogen and oxygen atoms in total. The SMILES string of the molecule is CCC1(CC)CCN(CCC(=O)c2cccc(Cl)c2)CC1. The lowest BCUT2D eigenvalue weighted by Gasteiger charge is -2.41. The lowest BCUT2D eigenvalue weighted by atomic mass is 9.74. The van der Waals surface area contributed by atoms with Crippen molar-refractivity contribution in [3.05, 3.63) is 34.9 Å². The fourth-order valence-electron chi connectivity index (χ4n) is 3.27. The van der Waals surface area contributed by atoms with E-state index in [-0.39, 0.29) is 5.78 Å². The van der Waals surface area contributed by atoms with E-state index in [0.29, 0.717) is 16.9 Å². The van der Waals surface area contributed by atoms with Crippen molar-refractivity contribution in [2.45, 2.75) is 46.0 Å². The monoisotopic (exact) mass is 307 g/mol. The molecule has 0 spiro atoms. The quantitative estimate of drug-likeness (QED) is 0.703. The predicted octanol–water partition coefficient (Wildman–Crippen LogP) is 4.82. The van der Waals surface area contributed by atoms with E-state index < -0.39 is 0 Å². The number of piperidine rings is 1. The normalized spacial score (nSPS) is 18.6. The van der Waals surface area contributed by atoms with Crippen LogP contribution in [0.1, 0.15) is 56.3 Å². The van der Waals surface area contributed by atoms with Gasteiger partial charge in [-0.3, -0.25) is 4.79 Å². The van der Waals surface area contributed by atoms with E-state index in [0.717, 1.165) is 25.2 Å². The van der Waals surface area contributed by atoms with Crippen LogP contribution < -0.4 is 0 Å². The molecule has 0 amide bonds. The summed E-state index contributed by atoms with van der Waals surface area (Å²) in [6, 6.07) is 7.26. The van der Waals surface area contributed by atoms with Crippen LogP contribution in [0.2, 0.25) is 5.02 Å². The first-order valence-electron chi connectivity index (χ1n) is 8.10. The lowest BCUT2D eigenvalue weighted by molar-refractivity contribution is 0.0841. The van der Waals surface area contributed by atoms with Gasteiger partial charge in [0.05, 0.1) is 0 Å². The highest BCUT2D eigenvalue weighted by molar-refractivity contribution is 6.31. The van der Waals surface area contributed by atoms with Gasteiger partial charge in [-0.25, -0.2) is 0 Å². The molecular weight excluding hydrogens is 282 g/mol. The summed E-state index contributed by atoms with van der Waals surface area (Å²) in [6.45, 7) is 7.74. The van der Waals surface area contributed by atoms with Crippen LogP contribution >= 0.6 is 11.6 Å². The number of benzene rings is 1. The zero-order chi connectivity index (χ0) is 15.3. The molecule has 3 heteroatoms. The van der Waals surface area contributed by atoms with Gasteiger partial charge < -0.3 is 4.90 Å². The van der Waals surface area contributed by atoms with Crippen molar-refractivity contribution in [1.29, 1.82) is 0 Å². The molecule has 1 fully saturated rings. The summed E-state index contributed by atoms with van der Waals surface area (Å²) in [5.41, 5.74) is 1.28. The number of nitrogens with zero attached hydrogens (tertiary/aromatic N) is 1. The van der Waals surface area contributed by atoms with Gasteiger partial charge in [0.15, 0.2) is 5.78 Å².